The number of hydrogen-bond donors (Lipinski definition) is 3. The molecule has 0 heterocycles. The lowest BCUT2D eigenvalue weighted by molar-refractivity contribution is -0.147. The maximum absolute atomic E-state index is 12.4. The summed E-state index contributed by atoms with van der Waals surface area (Å²) in [7, 11) is 0. The number of carbonyl (C=O) groups excluding carboxylic acids is 2. The zero-order chi connectivity index (χ0) is 21.7. The van der Waals surface area contributed by atoms with Crippen LogP contribution in [-0.4, -0.2) is 44.4 Å². The third-order valence-electron chi connectivity index (χ3n) is 5.07. The second-order valence-corrected chi connectivity index (χ2v) is 8.43. The molecule has 0 aromatic rings. The van der Waals surface area contributed by atoms with Crippen molar-refractivity contribution in [2.24, 2.45) is 5.92 Å². The number of esters is 1. The molecule has 0 amide bonds. The zero-order valence-corrected chi connectivity index (χ0v) is 17.8. The number of aliphatic hydroxyl groups excluding tert-OH is 1. The number of carbonyl (C=O) groups is 2. The molecular formula is C22H34O6. The number of rotatable bonds is 2. The van der Waals surface area contributed by atoms with Crippen LogP contribution in [-0.2, 0) is 14.3 Å². The smallest absolute Gasteiger partial charge is 0.303 e. The van der Waals surface area contributed by atoms with E-state index in [1.54, 1.807) is 0 Å². The number of aliphatic hydroxyl groups is 3. The fourth-order valence-corrected chi connectivity index (χ4v) is 3.16. The van der Waals surface area contributed by atoms with Gasteiger partial charge in [-0.05, 0) is 51.5 Å². The molecule has 28 heavy (non-hydrogen) atoms. The van der Waals surface area contributed by atoms with Crippen LogP contribution in [0.25, 0.3) is 0 Å². The highest BCUT2D eigenvalue weighted by molar-refractivity contribution is 5.96. The third kappa shape index (κ3) is 6.91. The third-order valence-corrected chi connectivity index (χ3v) is 5.07. The number of allylic oxidation sites excluding steroid dienone is 3. The van der Waals surface area contributed by atoms with E-state index < -0.39 is 34.8 Å². The summed E-state index contributed by atoms with van der Waals surface area (Å²) in [5.74, 6) is -1.71. The van der Waals surface area contributed by atoms with E-state index in [-0.39, 0.29) is 18.8 Å². The average Bonchev–Trinajstić information content (AvgIpc) is 2.52. The number of ketones is 1. The van der Waals surface area contributed by atoms with Crippen molar-refractivity contribution in [3.63, 3.8) is 0 Å². The Morgan fingerprint density at radius 1 is 1.21 bits per heavy atom. The summed E-state index contributed by atoms with van der Waals surface area (Å²) < 4.78 is 5.44. The highest BCUT2D eigenvalue weighted by Crippen LogP contribution is 2.30. The molecule has 0 aromatic carbocycles. The molecule has 0 aromatic heterocycles. The summed E-state index contributed by atoms with van der Waals surface area (Å²) in [5, 5.41) is 31.6. The molecule has 158 valence electrons. The van der Waals surface area contributed by atoms with E-state index >= 15 is 0 Å². The van der Waals surface area contributed by atoms with Crippen molar-refractivity contribution in [1.82, 2.24) is 0 Å². The van der Waals surface area contributed by atoms with Crippen molar-refractivity contribution in [1.29, 1.82) is 0 Å². The van der Waals surface area contributed by atoms with E-state index in [0.717, 1.165) is 17.2 Å². The van der Waals surface area contributed by atoms with Gasteiger partial charge in [-0.15, -0.1) is 0 Å². The fraction of sp³-hybridized carbons (Fsp3) is 0.636. The molecule has 3 N–H and O–H groups in total. The Hall–Kier alpha value is -1.92. The Labute approximate surface area is 167 Å². The molecule has 0 saturated heterocycles. The zero-order valence-electron chi connectivity index (χ0n) is 17.8. The lowest BCUT2D eigenvalue weighted by atomic mass is 9.85. The second-order valence-electron chi connectivity index (χ2n) is 8.43. The minimum absolute atomic E-state index is 0.0330. The number of hydrogen-bond acceptors (Lipinski definition) is 6. The largest absolute Gasteiger partial charge is 0.509 e. The van der Waals surface area contributed by atoms with Gasteiger partial charge in [-0.25, -0.2) is 0 Å². The minimum Gasteiger partial charge on any atom is -0.509 e. The van der Waals surface area contributed by atoms with Crippen molar-refractivity contribution < 1.29 is 29.6 Å². The molecule has 0 radical (unpaired) electrons. The van der Waals surface area contributed by atoms with E-state index in [0.29, 0.717) is 12.8 Å². The molecule has 0 unspecified atom stereocenters. The van der Waals surface area contributed by atoms with Crippen LogP contribution in [0.2, 0.25) is 0 Å². The van der Waals surface area contributed by atoms with Crippen LogP contribution < -0.4 is 0 Å². The Kier molecular flexibility index (Phi) is 8.20. The van der Waals surface area contributed by atoms with Crippen LogP contribution >= 0.6 is 0 Å². The van der Waals surface area contributed by atoms with E-state index in [9.17, 15) is 24.9 Å². The van der Waals surface area contributed by atoms with Gasteiger partial charge in [0.25, 0.3) is 0 Å². The summed E-state index contributed by atoms with van der Waals surface area (Å²) in [6.45, 7) is 9.91. The van der Waals surface area contributed by atoms with Gasteiger partial charge in [0.15, 0.2) is 5.78 Å². The molecule has 0 aliphatic heterocycles. The van der Waals surface area contributed by atoms with Gasteiger partial charge in [-0.3, -0.25) is 9.59 Å². The molecule has 0 saturated carbocycles. The molecule has 1 rings (SSSR count). The summed E-state index contributed by atoms with van der Waals surface area (Å²) in [5.41, 5.74) is -1.59. The molecule has 6 nitrogen and oxygen atoms in total. The van der Waals surface area contributed by atoms with Crippen molar-refractivity contribution in [3.05, 3.63) is 35.1 Å². The summed E-state index contributed by atoms with van der Waals surface area (Å²) >= 11 is 0. The topological polar surface area (TPSA) is 104 Å². The van der Waals surface area contributed by atoms with Crippen LogP contribution in [0.4, 0.5) is 0 Å². The molecule has 0 spiro atoms. The molecule has 1 aliphatic carbocycles. The number of ether oxygens (including phenoxy) is 1. The molecule has 3 atom stereocenters. The lowest BCUT2D eigenvalue weighted by Crippen LogP contribution is -2.38. The van der Waals surface area contributed by atoms with E-state index in [2.05, 4.69) is 0 Å². The van der Waals surface area contributed by atoms with Crippen molar-refractivity contribution >= 4 is 11.8 Å². The Balaban J connectivity index is 3.48. The van der Waals surface area contributed by atoms with Gasteiger partial charge in [-0.1, -0.05) is 31.6 Å². The van der Waals surface area contributed by atoms with Gasteiger partial charge in [0.1, 0.15) is 23.1 Å². The fourth-order valence-electron chi connectivity index (χ4n) is 3.16. The van der Waals surface area contributed by atoms with Gasteiger partial charge in [0, 0.05) is 19.4 Å². The van der Waals surface area contributed by atoms with Crippen LogP contribution in [0.15, 0.2) is 35.1 Å². The quantitative estimate of drug-likeness (QED) is 0.619. The van der Waals surface area contributed by atoms with Crippen molar-refractivity contribution in [3.8, 4) is 0 Å². The van der Waals surface area contributed by atoms with E-state index in [1.165, 1.54) is 20.8 Å². The lowest BCUT2D eigenvalue weighted by Gasteiger charge is -2.31. The summed E-state index contributed by atoms with van der Waals surface area (Å²) in [6, 6.07) is 0. The molecule has 0 fully saturated rings. The van der Waals surface area contributed by atoms with Gasteiger partial charge in [-0.2, -0.15) is 0 Å². The predicted molar refractivity (Wildman–Crippen MR) is 108 cm³/mol. The standard InChI is InChI=1S/C22H34O6/c1-14(2)17-10-9-15(3)8-7-11-21(5,26)19(24)12-20(25)22(6,27)13-18(17)28-16(4)23/h9-10,12,14,18,25-27H,7-8,11,13H2,1-6H3/b15-9+,17-10-,20-12-/t18-,21+,22-/m0/s1. The van der Waals surface area contributed by atoms with Gasteiger partial charge in [0.2, 0.25) is 0 Å². The Morgan fingerprint density at radius 3 is 2.36 bits per heavy atom. The van der Waals surface area contributed by atoms with Gasteiger partial charge < -0.3 is 20.1 Å². The first-order chi connectivity index (χ1) is 12.8. The summed E-state index contributed by atoms with van der Waals surface area (Å²) in [6.07, 6.45) is 5.31. The SMILES string of the molecule is CC(=O)O[C@H]1C[C@](C)(O)/C(O)=C/C(=O)[C@](C)(O)CCC/C(C)=C/C=C\1C(C)C. The monoisotopic (exact) mass is 394 g/mol. The average molecular weight is 395 g/mol. The molecule has 6 heteroatoms. The second kappa shape index (κ2) is 9.52. The first-order valence-electron chi connectivity index (χ1n) is 9.71. The normalized spacial score (nSPS) is 36.4. The Morgan fingerprint density at radius 2 is 1.82 bits per heavy atom. The first kappa shape index (κ1) is 24.1. The maximum atomic E-state index is 12.4. The van der Waals surface area contributed by atoms with Crippen molar-refractivity contribution in [2.45, 2.75) is 84.5 Å². The van der Waals surface area contributed by atoms with Crippen molar-refractivity contribution in [2.75, 3.05) is 0 Å². The molecular weight excluding hydrogens is 360 g/mol. The molecule has 0 bridgehead atoms. The van der Waals surface area contributed by atoms with Gasteiger partial charge in [0.05, 0.1) is 0 Å². The Bertz CT molecular complexity index is 679. The van der Waals surface area contributed by atoms with Crippen LogP contribution in [0.3, 0.4) is 0 Å². The van der Waals surface area contributed by atoms with Gasteiger partial charge >= 0.3 is 5.97 Å². The first-order valence-corrected chi connectivity index (χ1v) is 9.71. The van der Waals surface area contributed by atoms with E-state index in [1.807, 2.05) is 32.9 Å². The van der Waals surface area contributed by atoms with Crippen LogP contribution in [0.1, 0.15) is 67.2 Å². The van der Waals surface area contributed by atoms with Crippen LogP contribution in [0.5, 0.6) is 0 Å². The summed E-state index contributed by atoms with van der Waals surface area (Å²) in [4.78, 5) is 24.0. The maximum Gasteiger partial charge on any atom is 0.303 e. The highest BCUT2D eigenvalue weighted by atomic mass is 16.5. The highest BCUT2D eigenvalue weighted by Gasteiger charge is 2.36. The minimum atomic E-state index is -1.82. The van der Waals surface area contributed by atoms with Crippen LogP contribution in [0, 0.1) is 5.92 Å². The molecule has 1 aliphatic rings. The van der Waals surface area contributed by atoms with E-state index in [4.69, 9.17) is 4.74 Å². The predicted octanol–water partition coefficient (Wildman–Crippen LogP) is 3.53.